The van der Waals surface area contributed by atoms with Crippen molar-refractivity contribution in [3.63, 3.8) is 0 Å². The number of hydrazone groups is 1. The third-order valence-corrected chi connectivity index (χ3v) is 5.90. The van der Waals surface area contributed by atoms with Crippen molar-refractivity contribution in [2.45, 2.75) is 33.1 Å². The Hall–Kier alpha value is -2.12. The van der Waals surface area contributed by atoms with Crippen LogP contribution >= 0.6 is 22.9 Å². The number of aromatic nitrogens is 1. The van der Waals surface area contributed by atoms with Crippen LogP contribution in [0.1, 0.15) is 35.3 Å². The second-order valence-corrected chi connectivity index (χ2v) is 7.89. The largest absolute Gasteiger partial charge is 0.484 e. The maximum Gasteiger partial charge on any atom is 0.277 e. The van der Waals surface area contributed by atoms with Crippen molar-refractivity contribution in [2.24, 2.45) is 5.10 Å². The summed E-state index contributed by atoms with van der Waals surface area (Å²) in [4.78, 5) is 19.3. The Morgan fingerprint density at radius 1 is 1.33 bits per heavy atom. The maximum atomic E-state index is 11.9. The van der Waals surface area contributed by atoms with Crippen molar-refractivity contribution in [1.82, 2.24) is 10.4 Å². The zero-order valence-corrected chi connectivity index (χ0v) is 17.1. The third-order valence-electron chi connectivity index (χ3n) is 4.44. The van der Waals surface area contributed by atoms with E-state index >= 15 is 0 Å². The predicted octanol–water partition coefficient (Wildman–Crippen LogP) is 3.93. The first-order chi connectivity index (χ1) is 13.0. The van der Waals surface area contributed by atoms with Crippen molar-refractivity contribution in [2.75, 3.05) is 24.6 Å². The molecule has 1 aromatic carbocycles. The van der Waals surface area contributed by atoms with Gasteiger partial charge in [0.1, 0.15) is 5.75 Å². The van der Waals surface area contributed by atoms with Crippen molar-refractivity contribution < 1.29 is 9.53 Å². The van der Waals surface area contributed by atoms with Gasteiger partial charge in [-0.15, -0.1) is 0 Å². The van der Waals surface area contributed by atoms with E-state index in [-0.39, 0.29) is 12.5 Å². The van der Waals surface area contributed by atoms with Gasteiger partial charge in [0.2, 0.25) is 0 Å². The Bertz CT molecular complexity index is 831. The minimum absolute atomic E-state index is 0.102. The van der Waals surface area contributed by atoms with E-state index in [1.807, 2.05) is 32.0 Å². The van der Waals surface area contributed by atoms with Crippen LogP contribution in [0, 0.1) is 13.8 Å². The number of nitrogens with zero attached hydrogens (tertiary/aromatic N) is 3. The zero-order valence-electron chi connectivity index (χ0n) is 15.5. The van der Waals surface area contributed by atoms with E-state index in [2.05, 4.69) is 20.4 Å². The van der Waals surface area contributed by atoms with Crippen molar-refractivity contribution >= 4 is 40.2 Å². The molecule has 0 saturated carbocycles. The maximum absolute atomic E-state index is 11.9. The molecule has 3 rings (SSSR count). The summed E-state index contributed by atoms with van der Waals surface area (Å²) < 4.78 is 5.49. The molecule has 1 N–H and O–H groups in total. The highest BCUT2D eigenvalue weighted by molar-refractivity contribution is 7.17. The molecule has 1 aliphatic heterocycles. The summed E-state index contributed by atoms with van der Waals surface area (Å²) in [6, 6.07) is 5.72. The Labute approximate surface area is 168 Å². The normalized spacial score (nSPS) is 14.6. The van der Waals surface area contributed by atoms with Gasteiger partial charge in [0, 0.05) is 13.1 Å². The van der Waals surface area contributed by atoms with E-state index in [4.69, 9.17) is 16.3 Å². The number of amides is 1. The highest BCUT2D eigenvalue weighted by Crippen LogP contribution is 2.30. The van der Waals surface area contributed by atoms with Crippen LogP contribution in [-0.2, 0) is 4.79 Å². The van der Waals surface area contributed by atoms with E-state index in [9.17, 15) is 4.79 Å². The number of hydrogen-bond donors (Lipinski definition) is 1. The number of carbonyl (C=O) groups is 1. The first-order valence-corrected chi connectivity index (χ1v) is 10.2. The number of thiazole rings is 1. The van der Waals surface area contributed by atoms with Crippen LogP contribution in [0.3, 0.4) is 0 Å². The Morgan fingerprint density at radius 3 is 2.85 bits per heavy atom. The van der Waals surface area contributed by atoms with Gasteiger partial charge in [-0.2, -0.15) is 5.10 Å². The number of nitrogens with one attached hydrogen (secondary N) is 1. The molecule has 1 amide bonds. The first kappa shape index (κ1) is 19.6. The van der Waals surface area contributed by atoms with Crippen LogP contribution in [0.25, 0.3) is 0 Å². The van der Waals surface area contributed by atoms with Crippen LogP contribution in [0.15, 0.2) is 23.3 Å². The first-order valence-electron chi connectivity index (χ1n) is 8.96. The lowest BCUT2D eigenvalue weighted by molar-refractivity contribution is -0.123. The third kappa shape index (κ3) is 5.43. The monoisotopic (exact) mass is 406 g/mol. The molecule has 27 heavy (non-hydrogen) atoms. The smallest absolute Gasteiger partial charge is 0.277 e. The lowest BCUT2D eigenvalue weighted by Crippen LogP contribution is -2.29. The van der Waals surface area contributed by atoms with Gasteiger partial charge in [0.25, 0.3) is 5.91 Å². The summed E-state index contributed by atoms with van der Waals surface area (Å²) in [7, 11) is 0. The van der Waals surface area contributed by atoms with Crippen molar-refractivity contribution in [3.05, 3.63) is 39.4 Å². The van der Waals surface area contributed by atoms with Gasteiger partial charge in [0.05, 0.1) is 11.1 Å². The van der Waals surface area contributed by atoms with Gasteiger partial charge in [-0.3, -0.25) is 4.79 Å². The summed E-state index contributed by atoms with van der Waals surface area (Å²) >= 11 is 7.67. The standard InChI is InChI=1S/C19H23ClN4O2S/c1-13-6-7-15(10-14(13)2)26-12-17(25)23-21-11-16-18(20)22-19(27-16)24-8-4-3-5-9-24/h6-7,10-11H,3-5,8-9,12H2,1-2H3,(H,23,25)/b21-11-. The van der Waals surface area contributed by atoms with Crippen LogP contribution in [0.2, 0.25) is 5.15 Å². The molecule has 0 unspecified atom stereocenters. The molecule has 0 spiro atoms. The number of halogens is 1. The molecule has 0 atom stereocenters. The molecular weight excluding hydrogens is 384 g/mol. The Morgan fingerprint density at radius 2 is 2.11 bits per heavy atom. The molecule has 0 radical (unpaired) electrons. The summed E-state index contributed by atoms with van der Waals surface area (Å²) in [5.74, 6) is 0.329. The topological polar surface area (TPSA) is 66.8 Å². The van der Waals surface area contributed by atoms with Gasteiger partial charge < -0.3 is 9.64 Å². The van der Waals surface area contributed by atoms with Gasteiger partial charge in [-0.1, -0.05) is 29.0 Å². The molecule has 1 fully saturated rings. The number of carbonyl (C=O) groups excluding carboxylic acids is 1. The fraction of sp³-hybridized carbons (Fsp3) is 0.421. The van der Waals surface area contributed by atoms with Crippen molar-refractivity contribution in [1.29, 1.82) is 0 Å². The summed E-state index contributed by atoms with van der Waals surface area (Å²) in [5, 5.41) is 5.28. The predicted molar refractivity (Wildman–Crippen MR) is 110 cm³/mol. The number of aryl methyl sites for hydroxylation is 2. The molecule has 2 aromatic rings. The molecule has 1 aromatic heterocycles. The van der Waals surface area contributed by atoms with Crippen LogP contribution in [0.5, 0.6) is 5.75 Å². The summed E-state index contributed by atoms with van der Waals surface area (Å²) in [5.41, 5.74) is 4.76. The quantitative estimate of drug-likeness (QED) is 0.583. The summed E-state index contributed by atoms with van der Waals surface area (Å²) in [6.07, 6.45) is 5.15. The molecule has 2 heterocycles. The average Bonchev–Trinajstić information content (AvgIpc) is 3.04. The molecule has 0 aliphatic carbocycles. The minimum atomic E-state index is -0.332. The van der Waals surface area contributed by atoms with Gasteiger partial charge in [-0.25, -0.2) is 10.4 Å². The SMILES string of the molecule is Cc1ccc(OCC(=O)N/N=C\c2sc(N3CCCCC3)nc2Cl)cc1C. The fourth-order valence-corrected chi connectivity index (χ4v) is 3.93. The molecular formula is C19H23ClN4O2S. The Kier molecular flexibility index (Phi) is 6.68. The van der Waals surface area contributed by atoms with Gasteiger partial charge in [0.15, 0.2) is 16.9 Å². The fourth-order valence-electron chi connectivity index (χ4n) is 2.75. The summed E-state index contributed by atoms with van der Waals surface area (Å²) in [6.45, 7) is 5.95. The second-order valence-electron chi connectivity index (χ2n) is 6.53. The number of benzene rings is 1. The second kappa shape index (κ2) is 9.19. The molecule has 144 valence electrons. The minimum Gasteiger partial charge on any atom is -0.484 e. The number of anilines is 1. The molecule has 1 aliphatic rings. The van der Waals surface area contributed by atoms with Crippen LogP contribution in [-0.4, -0.2) is 36.8 Å². The number of hydrogen-bond acceptors (Lipinski definition) is 6. The molecule has 0 bridgehead atoms. The van der Waals surface area contributed by atoms with E-state index in [0.717, 1.165) is 28.7 Å². The van der Waals surface area contributed by atoms with Crippen molar-refractivity contribution in [3.8, 4) is 5.75 Å². The number of rotatable bonds is 6. The van der Waals surface area contributed by atoms with E-state index in [0.29, 0.717) is 10.9 Å². The molecule has 8 heteroatoms. The lowest BCUT2D eigenvalue weighted by Gasteiger charge is -2.25. The highest BCUT2D eigenvalue weighted by Gasteiger charge is 2.16. The number of piperidine rings is 1. The van der Waals surface area contributed by atoms with Crippen LogP contribution in [0.4, 0.5) is 5.13 Å². The number of ether oxygens (including phenoxy) is 1. The van der Waals surface area contributed by atoms with E-state index < -0.39 is 0 Å². The van der Waals surface area contributed by atoms with E-state index in [1.54, 1.807) is 0 Å². The lowest BCUT2D eigenvalue weighted by atomic mass is 10.1. The molecule has 1 saturated heterocycles. The van der Waals surface area contributed by atoms with Crippen LogP contribution < -0.4 is 15.1 Å². The molecule has 6 nitrogen and oxygen atoms in total. The Balaban J connectivity index is 1.50. The van der Waals surface area contributed by atoms with Gasteiger partial charge in [-0.05, 0) is 56.4 Å². The van der Waals surface area contributed by atoms with E-state index in [1.165, 1.54) is 42.4 Å². The highest BCUT2D eigenvalue weighted by atomic mass is 35.5. The average molecular weight is 407 g/mol. The zero-order chi connectivity index (χ0) is 19.2. The van der Waals surface area contributed by atoms with Gasteiger partial charge >= 0.3 is 0 Å².